The number of ether oxygens (including phenoxy) is 1. The van der Waals surface area contributed by atoms with Gasteiger partial charge in [-0.05, 0) is 18.9 Å². The molecule has 3 heterocycles. The molecule has 0 unspecified atom stereocenters. The van der Waals surface area contributed by atoms with Crippen molar-refractivity contribution >= 4 is 15.9 Å². The number of aryl methyl sites for hydroxylation is 1. The van der Waals surface area contributed by atoms with Crippen LogP contribution in [0.3, 0.4) is 0 Å². The van der Waals surface area contributed by atoms with Gasteiger partial charge < -0.3 is 9.64 Å². The summed E-state index contributed by atoms with van der Waals surface area (Å²) in [5, 5.41) is 3.99. The lowest BCUT2D eigenvalue weighted by atomic mass is 10.0. The summed E-state index contributed by atoms with van der Waals surface area (Å²) in [6.45, 7) is 2.02. The molecule has 0 spiro atoms. The number of sulfonamides is 1. The number of amides is 1. The molecule has 23 heavy (non-hydrogen) atoms. The molecule has 0 N–H and O–H groups in total. The van der Waals surface area contributed by atoms with Gasteiger partial charge in [0.2, 0.25) is 10.0 Å². The average Bonchev–Trinajstić information content (AvgIpc) is 2.87. The molecule has 2 saturated heterocycles. The first-order valence-electron chi connectivity index (χ1n) is 7.71. The topological polar surface area (TPSA) is 84.7 Å². The second kappa shape index (κ2) is 6.21. The largest absolute Gasteiger partial charge is 0.381 e. The zero-order chi connectivity index (χ0) is 16.6. The van der Waals surface area contributed by atoms with Crippen LogP contribution in [0.5, 0.6) is 0 Å². The summed E-state index contributed by atoms with van der Waals surface area (Å²) < 4.78 is 32.8. The summed E-state index contributed by atoms with van der Waals surface area (Å²) in [5.74, 6) is -0.110. The molecule has 0 radical (unpaired) electrons. The molecular formula is C14H22N4O4S. The van der Waals surface area contributed by atoms with Crippen molar-refractivity contribution in [1.29, 1.82) is 0 Å². The highest BCUT2D eigenvalue weighted by Crippen LogP contribution is 2.26. The standard InChI is InChI=1S/C14H22N4O4S/c1-16-13(3-6-15-16)14(19)17-9-12(10-17)18(23(2,20)21)11-4-7-22-8-5-11/h3,6,11-12H,4-5,7-10H2,1-2H3. The van der Waals surface area contributed by atoms with Crippen LogP contribution in [0, 0.1) is 0 Å². The van der Waals surface area contributed by atoms with E-state index in [1.807, 2.05) is 0 Å². The van der Waals surface area contributed by atoms with E-state index >= 15 is 0 Å². The van der Waals surface area contributed by atoms with E-state index in [-0.39, 0.29) is 18.0 Å². The fourth-order valence-electron chi connectivity index (χ4n) is 3.31. The average molecular weight is 342 g/mol. The summed E-state index contributed by atoms with van der Waals surface area (Å²) in [6.07, 6.45) is 4.24. The molecule has 9 heteroatoms. The molecule has 0 aromatic carbocycles. The van der Waals surface area contributed by atoms with Crippen LogP contribution in [-0.2, 0) is 21.8 Å². The molecule has 3 rings (SSSR count). The zero-order valence-corrected chi connectivity index (χ0v) is 14.2. The molecule has 1 aromatic heterocycles. The van der Waals surface area contributed by atoms with Gasteiger partial charge in [-0.2, -0.15) is 9.40 Å². The number of carbonyl (C=O) groups excluding carboxylic acids is 1. The quantitative estimate of drug-likeness (QED) is 0.749. The lowest BCUT2D eigenvalue weighted by Crippen LogP contribution is -2.64. The van der Waals surface area contributed by atoms with Crippen LogP contribution in [0.1, 0.15) is 23.3 Å². The van der Waals surface area contributed by atoms with Crippen molar-refractivity contribution in [2.24, 2.45) is 7.05 Å². The molecular weight excluding hydrogens is 320 g/mol. The highest BCUT2D eigenvalue weighted by Gasteiger charge is 2.43. The molecule has 1 amide bonds. The first kappa shape index (κ1) is 16.4. The van der Waals surface area contributed by atoms with E-state index in [1.165, 1.54) is 10.9 Å². The molecule has 0 bridgehead atoms. The van der Waals surface area contributed by atoms with Gasteiger partial charge in [-0.1, -0.05) is 0 Å². The Morgan fingerprint density at radius 1 is 1.30 bits per heavy atom. The van der Waals surface area contributed by atoms with Crippen LogP contribution in [0.15, 0.2) is 12.3 Å². The van der Waals surface area contributed by atoms with E-state index in [4.69, 9.17) is 4.74 Å². The SMILES string of the molecule is Cn1nccc1C(=O)N1CC(N(C2CCOCC2)S(C)(=O)=O)C1. The monoisotopic (exact) mass is 342 g/mol. The third-order valence-corrected chi connectivity index (χ3v) is 5.85. The van der Waals surface area contributed by atoms with Crippen LogP contribution in [0.4, 0.5) is 0 Å². The predicted octanol–water partition coefficient (Wildman–Crippen LogP) is -0.315. The van der Waals surface area contributed by atoms with Gasteiger partial charge >= 0.3 is 0 Å². The summed E-state index contributed by atoms with van der Waals surface area (Å²) >= 11 is 0. The van der Waals surface area contributed by atoms with E-state index in [1.54, 1.807) is 28.5 Å². The van der Waals surface area contributed by atoms with E-state index in [0.717, 1.165) is 0 Å². The van der Waals surface area contributed by atoms with Crippen molar-refractivity contribution in [3.05, 3.63) is 18.0 Å². The highest BCUT2D eigenvalue weighted by molar-refractivity contribution is 7.88. The Balaban J connectivity index is 1.68. The van der Waals surface area contributed by atoms with Crippen LogP contribution >= 0.6 is 0 Å². The number of hydrogen-bond donors (Lipinski definition) is 0. The third-order valence-electron chi connectivity index (χ3n) is 4.48. The summed E-state index contributed by atoms with van der Waals surface area (Å²) in [5.41, 5.74) is 0.514. The zero-order valence-electron chi connectivity index (χ0n) is 13.4. The molecule has 0 aliphatic carbocycles. The maximum atomic E-state index is 12.4. The minimum atomic E-state index is -3.31. The van der Waals surface area contributed by atoms with Gasteiger partial charge in [-0.15, -0.1) is 0 Å². The van der Waals surface area contributed by atoms with Crippen LogP contribution in [-0.4, -0.2) is 78.0 Å². The van der Waals surface area contributed by atoms with Gasteiger partial charge in [0.05, 0.1) is 12.3 Å². The number of likely N-dealkylation sites (tertiary alicyclic amines) is 1. The normalized spacial score (nSPS) is 20.7. The number of hydrogen-bond acceptors (Lipinski definition) is 5. The fourth-order valence-corrected chi connectivity index (χ4v) is 4.73. The van der Waals surface area contributed by atoms with E-state index in [9.17, 15) is 13.2 Å². The van der Waals surface area contributed by atoms with Crippen molar-refractivity contribution in [2.75, 3.05) is 32.6 Å². The van der Waals surface area contributed by atoms with Gasteiger partial charge in [0.1, 0.15) is 5.69 Å². The second-order valence-electron chi connectivity index (χ2n) is 6.14. The van der Waals surface area contributed by atoms with Gasteiger partial charge in [0.25, 0.3) is 5.91 Å². The molecule has 0 atom stereocenters. The van der Waals surface area contributed by atoms with Crippen molar-refractivity contribution in [1.82, 2.24) is 19.0 Å². The van der Waals surface area contributed by atoms with Gasteiger partial charge in [0.15, 0.2) is 0 Å². The number of nitrogens with zero attached hydrogens (tertiary/aromatic N) is 4. The van der Waals surface area contributed by atoms with Crippen LogP contribution in [0.2, 0.25) is 0 Å². The van der Waals surface area contributed by atoms with Crippen LogP contribution < -0.4 is 0 Å². The van der Waals surface area contributed by atoms with Gasteiger partial charge in [0, 0.05) is 45.6 Å². The fraction of sp³-hybridized carbons (Fsp3) is 0.714. The Bertz CT molecular complexity index is 675. The minimum Gasteiger partial charge on any atom is -0.381 e. The second-order valence-corrected chi connectivity index (χ2v) is 8.03. The molecule has 0 saturated carbocycles. The Labute approximate surface area is 136 Å². The third kappa shape index (κ3) is 3.26. The Kier molecular flexibility index (Phi) is 4.43. The number of aromatic nitrogens is 2. The maximum absolute atomic E-state index is 12.4. The van der Waals surface area contributed by atoms with Gasteiger partial charge in [-0.25, -0.2) is 8.42 Å². The number of carbonyl (C=O) groups is 1. The Hall–Kier alpha value is -1.45. The van der Waals surface area contributed by atoms with Crippen molar-refractivity contribution in [2.45, 2.75) is 24.9 Å². The molecule has 2 fully saturated rings. The molecule has 1 aromatic rings. The smallest absolute Gasteiger partial charge is 0.272 e. The minimum absolute atomic E-state index is 0.0299. The first-order valence-corrected chi connectivity index (χ1v) is 9.56. The maximum Gasteiger partial charge on any atom is 0.272 e. The summed E-state index contributed by atoms with van der Waals surface area (Å²) in [4.78, 5) is 14.0. The molecule has 2 aliphatic rings. The summed E-state index contributed by atoms with van der Waals surface area (Å²) in [7, 11) is -1.60. The lowest BCUT2D eigenvalue weighted by molar-refractivity contribution is 0.0121. The van der Waals surface area contributed by atoms with Crippen molar-refractivity contribution < 1.29 is 17.9 Å². The molecule has 8 nitrogen and oxygen atoms in total. The van der Waals surface area contributed by atoms with E-state index < -0.39 is 10.0 Å². The molecule has 128 valence electrons. The van der Waals surface area contributed by atoms with E-state index in [0.29, 0.717) is 44.8 Å². The number of rotatable bonds is 4. The van der Waals surface area contributed by atoms with Crippen molar-refractivity contribution in [3.8, 4) is 0 Å². The summed E-state index contributed by atoms with van der Waals surface area (Å²) in [6, 6.07) is 1.49. The lowest BCUT2D eigenvalue weighted by Gasteiger charge is -2.47. The van der Waals surface area contributed by atoms with E-state index in [2.05, 4.69) is 5.10 Å². The highest BCUT2D eigenvalue weighted by atomic mass is 32.2. The molecule has 2 aliphatic heterocycles. The van der Waals surface area contributed by atoms with Crippen molar-refractivity contribution in [3.63, 3.8) is 0 Å². The Morgan fingerprint density at radius 3 is 2.48 bits per heavy atom. The Morgan fingerprint density at radius 2 is 1.96 bits per heavy atom. The van der Waals surface area contributed by atoms with Gasteiger partial charge in [-0.3, -0.25) is 9.48 Å². The first-order chi connectivity index (χ1) is 10.9. The predicted molar refractivity (Wildman–Crippen MR) is 83.4 cm³/mol. The van der Waals surface area contributed by atoms with Crippen LogP contribution in [0.25, 0.3) is 0 Å².